The van der Waals surface area contributed by atoms with E-state index in [1.165, 1.54) is 58.0 Å². The second-order valence-electron chi connectivity index (χ2n) is 4.63. The summed E-state index contributed by atoms with van der Waals surface area (Å²) in [6.45, 7) is 7.04. The van der Waals surface area contributed by atoms with Crippen LogP contribution in [0.4, 0.5) is 0 Å². The molecule has 78 valence electrons. The van der Waals surface area contributed by atoms with Crippen molar-refractivity contribution >= 4 is 0 Å². The van der Waals surface area contributed by atoms with Gasteiger partial charge in [0.2, 0.25) is 0 Å². The Hall–Kier alpha value is -0.0400. The molecule has 0 aromatic rings. The predicted octanol–water partition coefficient (Wildman–Crippen LogP) is 3.35. The average Bonchev–Trinajstić information content (AvgIpc) is 2.55. The van der Waals surface area contributed by atoms with E-state index in [9.17, 15) is 0 Å². The van der Waals surface area contributed by atoms with Crippen LogP contribution >= 0.6 is 0 Å². The summed E-state index contributed by atoms with van der Waals surface area (Å²) in [5, 5.41) is 3.60. The number of rotatable bonds is 6. The topological polar surface area (TPSA) is 12.0 Å². The van der Waals surface area contributed by atoms with Gasteiger partial charge in [-0.15, -0.1) is 0 Å². The molecule has 1 rings (SSSR count). The van der Waals surface area contributed by atoms with E-state index in [-0.39, 0.29) is 0 Å². The summed E-state index contributed by atoms with van der Waals surface area (Å²) in [6.07, 6.45) is 9.93. The van der Waals surface area contributed by atoms with Gasteiger partial charge >= 0.3 is 0 Å². The van der Waals surface area contributed by atoms with E-state index in [0.29, 0.717) is 5.41 Å². The smallest absolute Gasteiger partial charge is 0.000780 e. The maximum atomic E-state index is 3.60. The molecular formula is C12H25N. The Morgan fingerprint density at radius 3 is 2.31 bits per heavy atom. The fraction of sp³-hybridized carbons (Fsp3) is 1.00. The Morgan fingerprint density at radius 1 is 1.08 bits per heavy atom. The minimum Gasteiger partial charge on any atom is -0.316 e. The first kappa shape index (κ1) is 11.0. The third-order valence-corrected chi connectivity index (χ3v) is 3.37. The normalized spacial score (nSPS) is 20.8. The summed E-state index contributed by atoms with van der Waals surface area (Å²) in [7, 11) is 0. The second kappa shape index (κ2) is 5.64. The Kier molecular flexibility index (Phi) is 4.79. The quantitative estimate of drug-likeness (QED) is 0.623. The van der Waals surface area contributed by atoms with Gasteiger partial charge in [-0.2, -0.15) is 0 Å². The summed E-state index contributed by atoms with van der Waals surface area (Å²) >= 11 is 0. The van der Waals surface area contributed by atoms with Gasteiger partial charge in [0.15, 0.2) is 0 Å². The van der Waals surface area contributed by atoms with Gasteiger partial charge in [0.1, 0.15) is 0 Å². The van der Waals surface area contributed by atoms with E-state index >= 15 is 0 Å². The maximum Gasteiger partial charge on any atom is 0.000780 e. The molecule has 0 heterocycles. The molecule has 1 saturated carbocycles. The Balaban J connectivity index is 2.28. The number of hydrogen-bond acceptors (Lipinski definition) is 1. The average molecular weight is 183 g/mol. The lowest BCUT2D eigenvalue weighted by Crippen LogP contribution is -2.32. The molecule has 1 nitrogen and oxygen atoms in total. The van der Waals surface area contributed by atoms with E-state index in [1.807, 2.05) is 0 Å². The maximum absolute atomic E-state index is 3.60. The zero-order chi connectivity index (χ0) is 9.57. The van der Waals surface area contributed by atoms with Crippen LogP contribution in [0.2, 0.25) is 0 Å². The van der Waals surface area contributed by atoms with Crippen LogP contribution in [0.3, 0.4) is 0 Å². The minimum atomic E-state index is 0.684. The van der Waals surface area contributed by atoms with Crippen LogP contribution in [-0.2, 0) is 0 Å². The first-order chi connectivity index (χ1) is 6.33. The van der Waals surface area contributed by atoms with Crippen molar-refractivity contribution in [3.8, 4) is 0 Å². The van der Waals surface area contributed by atoms with E-state index < -0.39 is 0 Å². The molecular weight excluding hydrogens is 158 g/mol. The third kappa shape index (κ3) is 3.30. The first-order valence-electron chi connectivity index (χ1n) is 6.04. The Morgan fingerprint density at radius 2 is 1.77 bits per heavy atom. The summed E-state index contributed by atoms with van der Waals surface area (Å²) < 4.78 is 0. The molecule has 1 N–H and O–H groups in total. The standard InChI is InChI=1S/C12H25N/c1-3-7-12(8-5-6-9-12)11-13-10-4-2/h13H,3-11H2,1-2H3. The van der Waals surface area contributed by atoms with Gasteiger partial charge in [0.05, 0.1) is 0 Å². The number of hydrogen-bond donors (Lipinski definition) is 1. The van der Waals surface area contributed by atoms with E-state index in [2.05, 4.69) is 19.2 Å². The molecule has 0 radical (unpaired) electrons. The summed E-state index contributed by atoms with van der Waals surface area (Å²) in [6, 6.07) is 0. The van der Waals surface area contributed by atoms with E-state index in [4.69, 9.17) is 0 Å². The van der Waals surface area contributed by atoms with Crippen LogP contribution in [0.5, 0.6) is 0 Å². The molecule has 0 amide bonds. The molecule has 0 spiro atoms. The molecule has 0 saturated heterocycles. The van der Waals surface area contributed by atoms with Crippen molar-refractivity contribution < 1.29 is 0 Å². The Bertz CT molecular complexity index is 125. The highest BCUT2D eigenvalue weighted by atomic mass is 14.9. The zero-order valence-corrected chi connectivity index (χ0v) is 9.36. The van der Waals surface area contributed by atoms with Crippen LogP contribution < -0.4 is 5.32 Å². The van der Waals surface area contributed by atoms with Crippen molar-refractivity contribution in [1.82, 2.24) is 5.32 Å². The molecule has 1 fully saturated rings. The van der Waals surface area contributed by atoms with Crippen LogP contribution in [0.1, 0.15) is 58.8 Å². The first-order valence-corrected chi connectivity index (χ1v) is 6.04. The fourth-order valence-electron chi connectivity index (χ4n) is 2.70. The van der Waals surface area contributed by atoms with Crippen LogP contribution in [-0.4, -0.2) is 13.1 Å². The molecule has 0 atom stereocenters. The monoisotopic (exact) mass is 183 g/mol. The lowest BCUT2D eigenvalue weighted by atomic mass is 9.81. The minimum absolute atomic E-state index is 0.684. The zero-order valence-electron chi connectivity index (χ0n) is 9.36. The van der Waals surface area contributed by atoms with Gasteiger partial charge in [0.25, 0.3) is 0 Å². The van der Waals surface area contributed by atoms with Crippen LogP contribution in [0.15, 0.2) is 0 Å². The summed E-state index contributed by atoms with van der Waals surface area (Å²) in [5.74, 6) is 0. The summed E-state index contributed by atoms with van der Waals surface area (Å²) in [4.78, 5) is 0. The highest BCUT2D eigenvalue weighted by molar-refractivity contribution is 4.86. The molecule has 13 heavy (non-hydrogen) atoms. The van der Waals surface area contributed by atoms with Gasteiger partial charge in [0, 0.05) is 6.54 Å². The van der Waals surface area contributed by atoms with Crippen molar-refractivity contribution in [1.29, 1.82) is 0 Å². The summed E-state index contributed by atoms with van der Waals surface area (Å²) in [5.41, 5.74) is 0.684. The SMILES string of the molecule is CCCNCC1(CCC)CCCC1. The second-order valence-corrected chi connectivity index (χ2v) is 4.63. The van der Waals surface area contributed by atoms with Crippen LogP contribution in [0, 0.1) is 5.41 Å². The van der Waals surface area contributed by atoms with Crippen molar-refractivity contribution in [2.24, 2.45) is 5.41 Å². The lowest BCUT2D eigenvalue weighted by molar-refractivity contribution is 0.255. The van der Waals surface area contributed by atoms with Gasteiger partial charge in [-0.05, 0) is 37.6 Å². The van der Waals surface area contributed by atoms with E-state index in [1.54, 1.807) is 0 Å². The lowest BCUT2D eigenvalue weighted by Gasteiger charge is -2.29. The third-order valence-electron chi connectivity index (χ3n) is 3.37. The molecule has 1 aliphatic carbocycles. The molecule has 0 bridgehead atoms. The van der Waals surface area contributed by atoms with E-state index in [0.717, 1.165) is 0 Å². The highest BCUT2D eigenvalue weighted by Gasteiger charge is 2.31. The van der Waals surface area contributed by atoms with Crippen molar-refractivity contribution in [3.63, 3.8) is 0 Å². The molecule has 0 unspecified atom stereocenters. The molecule has 1 heteroatoms. The highest BCUT2D eigenvalue weighted by Crippen LogP contribution is 2.41. The molecule has 1 aliphatic rings. The van der Waals surface area contributed by atoms with Crippen molar-refractivity contribution in [2.75, 3.05) is 13.1 Å². The fourth-order valence-corrected chi connectivity index (χ4v) is 2.70. The van der Waals surface area contributed by atoms with Crippen molar-refractivity contribution in [3.05, 3.63) is 0 Å². The van der Waals surface area contributed by atoms with Gasteiger partial charge in [-0.3, -0.25) is 0 Å². The molecule has 0 aliphatic heterocycles. The van der Waals surface area contributed by atoms with Gasteiger partial charge in [-0.1, -0.05) is 33.1 Å². The largest absolute Gasteiger partial charge is 0.316 e. The van der Waals surface area contributed by atoms with Crippen molar-refractivity contribution in [2.45, 2.75) is 58.8 Å². The van der Waals surface area contributed by atoms with Gasteiger partial charge < -0.3 is 5.32 Å². The molecule has 0 aromatic heterocycles. The van der Waals surface area contributed by atoms with Gasteiger partial charge in [-0.25, -0.2) is 0 Å². The number of nitrogens with one attached hydrogen (secondary N) is 1. The molecule has 0 aromatic carbocycles. The Labute approximate surface area is 83.3 Å². The predicted molar refractivity (Wildman–Crippen MR) is 59.0 cm³/mol. The van der Waals surface area contributed by atoms with Crippen LogP contribution in [0.25, 0.3) is 0 Å².